The molecule has 0 aromatic rings. The Morgan fingerprint density at radius 1 is 1.40 bits per heavy atom. The molecule has 4 heteroatoms. The number of hydrogen-bond donors (Lipinski definition) is 2. The van der Waals surface area contributed by atoms with Gasteiger partial charge in [0.15, 0.2) is 0 Å². The summed E-state index contributed by atoms with van der Waals surface area (Å²) in [5.74, 6) is 0.164. The van der Waals surface area contributed by atoms with Gasteiger partial charge in [0.05, 0.1) is 0 Å². The molecule has 1 aliphatic carbocycles. The summed E-state index contributed by atoms with van der Waals surface area (Å²) in [4.78, 5) is 14.0. The van der Waals surface area contributed by atoms with Gasteiger partial charge in [-0.25, -0.2) is 0 Å². The number of rotatable bonds is 11. The molecule has 1 aliphatic rings. The van der Waals surface area contributed by atoms with Crippen LogP contribution in [-0.4, -0.2) is 47.2 Å². The van der Waals surface area contributed by atoms with Crippen molar-refractivity contribution >= 4 is 5.97 Å². The van der Waals surface area contributed by atoms with E-state index in [2.05, 4.69) is 17.1 Å². The summed E-state index contributed by atoms with van der Waals surface area (Å²) < 4.78 is 0. The maximum Gasteiger partial charge on any atom is 0.323 e. The summed E-state index contributed by atoms with van der Waals surface area (Å²) >= 11 is 0. The van der Waals surface area contributed by atoms with Gasteiger partial charge in [0, 0.05) is 12.6 Å². The first-order valence-corrected chi connectivity index (χ1v) is 8.11. The summed E-state index contributed by atoms with van der Waals surface area (Å²) in [5.41, 5.74) is -0.800. The Morgan fingerprint density at radius 3 is 2.50 bits per heavy atom. The van der Waals surface area contributed by atoms with Gasteiger partial charge < -0.3 is 10.0 Å². The minimum absolute atomic E-state index is 0.189. The van der Waals surface area contributed by atoms with E-state index in [9.17, 15) is 9.90 Å². The van der Waals surface area contributed by atoms with Crippen LogP contribution in [0.3, 0.4) is 0 Å². The first-order valence-electron chi connectivity index (χ1n) is 8.11. The number of nitrogens with one attached hydrogen (secondary N) is 1. The molecule has 0 bridgehead atoms. The van der Waals surface area contributed by atoms with Crippen LogP contribution in [0.15, 0.2) is 0 Å². The quantitative estimate of drug-likeness (QED) is 0.612. The van der Waals surface area contributed by atoms with Crippen molar-refractivity contribution in [1.29, 1.82) is 0 Å². The SMILES string of the molecule is CCCN(CCCC(C)(NC(C)C)C(=O)O)CC1CC1. The van der Waals surface area contributed by atoms with Gasteiger partial charge in [-0.1, -0.05) is 6.92 Å². The molecule has 1 unspecified atom stereocenters. The summed E-state index contributed by atoms with van der Waals surface area (Å²) in [6, 6.07) is 0.189. The normalized spacial score (nSPS) is 18.5. The second kappa shape index (κ2) is 7.99. The molecular formula is C16H32N2O2. The molecule has 0 aromatic carbocycles. The smallest absolute Gasteiger partial charge is 0.323 e. The van der Waals surface area contributed by atoms with E-state index in [1.807, 2.05) is 13.8 Å². The number of carbonyl (C=O) groups is 1. The van der Waals surface area contributed by atoms with Crippen molar-refractivity contribution in [2.24, 2.45) is 5.92 Å². The van der Waals surface area contributed by atoms with Crippen LogP contribution in [-0.2, 0) is 4.79 Å². The van der Waals surface area contributed by atoms with E-state index in [1.54, 1.807) is 6.92 Å². The van der Waals surface area contributed by atoms with Crippen LogP contribution < -0.4 is 5.32 Å². The highest BCUT2D eigenvalue weighted by Gasteiger charge is 2.33. The molecule has 2 N–H and O–H groups in total. The Kier molecular flexibility index (Phi) is 6.96. The lowest BCUT2D eigenvalue weighted by Gasteiger charge is -2.30. The molecule has 1 saturated carbocycles. The van der Waals surface area contributed by atoms with E-state index < -0.39 is 11.5 Å². The molecule has 118 valence electrons. The topological polar surface area (TPSA) is 52.6 Å². The molecule has 1 atom stereocenters. The lowest BCUT2D eigenvalue weighted by atomic mass is 9.94. The largest absolute Gasteiger partial charge is 0.480 e. The lowest BCUT2D eigenvalue weighted by molar-refractivity contribution is -0.144. The third kappa shape index (κ3) is 6.23. The fourth-order valence-corrected chi connectivity index (χ4v) is 2.81. The van der Waals surface area contributed by atoms with Gasteiger partial charge in [-0.05, 0) is 71.9 Å². The monoisotopic (exact) mass is 284 g/mol. The average Bonchev–Trinajstić information content (AvgIpc) is 3.12. The van der Waals surface area contributed by atoms with Crippen LogP contribution in [0.2, 0.25) is 0 Å². The van der Waals surface area contributed by atoms with Crippen LogP contribution in [0.1, 0.15) is 59.8 Å². The minimum Gasteiger partial charge on any atom is -0.480 e. The van der Waals surface area contributed by atoms with Gasteiger partial charge in [0.25, 0.3) is 0 Å². The minimum atomic E-state index is -0.800. The predicted octanol–water partition coefficient (Wildman–Crippen LogP) is 2.73. The third-order valence-corrected chi connectivity index (χ3v) is 3.98. The zero-order chi connectivity index (χ0) is 15.2. The van der Waals surface area contributed by atoms with Crippen LogP contribution >= 0.6 is 0 Å². The van der Waals surface area contributed by atoms with Crippen molar-refractivity contribution in [3.63, 3.8) is 0 Å². The van der Waals surface area contributed by atoms with Crippen molar-refractivity contribution in [1.82, 2.24) is 10.2 Å². The molecular weight excluding hydrogens is 252 g/mol. The van der Waals surface area contributed by atoms with Crippen molar-refractivity contribution in [3.05, 3.63) is 0 Å². The molecule has 1 rings (SSSR count). The molecule has 0 heterocycles. The Hall–Kier alpha value is -0.610. The van der Waals surface area contributed by atoms with Crippen LogP contribution in [0, 0.1) is 5.92 Å². The van der Waals surface area contributed by atoms with Gasteiger partial charge in [-0.2, -0.15) is 0 Å². The van der Waals surface area contributed by atoms with E-state index in [-0.39, 0.29) is 6.04 Å². The highest BCUT2D eigenvalue weighted by Crippen LogP contribution is 2.30. The molecule has 20 heavy (non-hydrogen) atoms. The second-order valence-corrected chi connectivity index (χ2v) is 6.78. The molecule has 0 spiro atoms. The fraction of sp³-hybridized carbons (Fsp3) is 0.938. The summed E-state index contributed by atoms with van der Waals surface area (Å²) in [7, 11) is 0. The van der Waals surface area contributed by atoms with Crippen molar-refractivity contribution < 1.29 is 9.90 Å². The highest BCUT2D eigenvalue weighted by molar-refractivity contribution is 5.78. The van der Waals surface area contributed by atoms with E-state index in [4.69, 9.17) is 0 Å². The van der Waals surface area contributed by atoms with Crippen molar-refractivity contribution in [2.75, 3.05) is 19.6 Å². The highest BCUT2D eigenvalue weighted by atomic mass is 16.4. The first-order chi connectivity index (χ1) is 9.37. The summed E-state index contributed by atoms with van der Waals surface area (Å²) in [6.07, 6.45) is 5.55. The fourth-order valence-electron chi connectivity index (χ4n) is 2.81. The van der Waals surface area contributed by atoms with E-state index in [0.717, 1.165) is 25.4 Å². The molecule has 0 radical (unpaired) electrons. The number of carboxylic acids is 1. The van der Waals surface area contributed by atoms with E-state index >= 15 is 0 Å². The Bertz CT molecular complexity index is 303. The molecule has 1 fully saturated rings. The average molecular weight is 284 g/mol. The van der Waals surface area contributed by atoms with Gasteiger partial charge in [0.1, 0.15) is 5.54 Å². The Morgan fingerprint density at radius 2 is 2.05 bits per heavy atom. The Labute approximate surface area is 123 Å². The predicted molar refractivity (Wildman–Crippen MR) is 83.0 cm³/mol. The molecule has 0 amide bonds. The van der Waals surface area contributed by atoms with Crippen LogP contribution in [0.25, 0.3) is 0 Å². The third-order valence-electron chi connectivity index (χ3n) is 3.98. The second-order valence-electron chi connectivity index (χ2n) is 6.78. The molecule has 0 aromatic heterocycles. The molecule has 0 saturated heterocycles. The zero-order valence-corrected chi connectivity index (χ0v) is 13.6. The van der Waals surface area contributed by atoms with Crippen molar-refractivity contribution in [2.45, 2.75) is 71.4 Å². The number of nitrogens with zero attached hydrogens (tertiary/aromatic N) is 1. The number of hydrogen-bond acceptors (Lipinski definition) is 3. The van der Waals surface area contributed by atoms with Crippen LogP contribution in [0.5, 0.6) is 0 Å². The standard InChI is InChI=1S/C16H32N2O2/c1-5-10-18(12-14-7-8-14)11-6-9-16(4,15(19)20)17-13(2)3/h13-14,17H,5-12H2,1-4H3,(H,19,20). The summed E-state index contributed by atoms with van der Waals surface area (Å²) in [5, 5.41) is 12.6. The zero-order valence-electron chi connectivity index (χ0n) is 13.6. The van der Waals surface area contributed by atoms with Crippen molar-refractivity contribution in [3.8, 4) is 0 Å². The van der Waals surface area contributed by atoms with Gasteiger partial charge in [-0.3, -0.25) is 10.1 Å². The van der Waals surface area contributed by atoms with Crippen LogP contribution in [0.4, 0.5) is 0 Å². The van der Waals surface area contributed by atoms with Gasteiger partial charge >= 0.3 is 5.97 Å². The van der Waals surface area contributed by atoms with Gasteiger partial charge in [0.2, 0.25) is 0 Å². The Balaban J connectivity index is 2.38. The molecule has 0 aliphatic heterocycles. The molecule has 4 nitrogen and oxygen atoms in total. The summed E-state index contributed by atoms with van der Waals surface area (Å²) in [6.45, 7) is 11.4. The van der Waals surface area contributed by atoms with Gasteiger partial charge in [-0.15, -0.1) is 0 Å². The maximum atomic E-state index is 11.5. The number of aliphatic carboxylic acids is 1. The first kappa shape index (κ1) is 17.4. The lowest BCUT2D eigenvalue weighted by Crippen LogP contribution is -2.52. The number of carboxylic acid groups (broad SMARTS) is 1. The van der Waals surface area contributed by atoms with E-state index in [1.165, 1.54) is 25.8 Å². The van der Waals surface area contributed by atoms with E-state index in [0.29, 0.717) is 6.42 Å². The maximum absolute atomic E-state index is 11.5.